The molecule has 0 aliphatic rings. The quantitative estimate of drug-likeness (QED) is 0.773. The Morgan fingerprint density at radius 3 is 2.50 bits per heavy atom. The molecule has 1 amide bonds. The van der Waals surface area contributed by atoms with Crippen molar-refractivity contribution in [2.45, 2.75) is 19.0 Å². The predicted molar refractivity (Wildman–Crippen MR) is 90.1 cm³/mol. The number of nitrogens with one attached hydrogen (secondary N) is 1. The minimum absolute atomic E-state index is 0.153. The third-order valence-corrected chi connectivity index (χ3v) is 3.49. The lowest BCUT2D eigenvalue weighted by Gasteiger charge is -2.20. The van der Waals surface area contributed by atoms with E-state index >= 15 is 0 Å². The molecule has 0 fully saturated rings. The Labute approximate surface area is 141 Å². The van der Waals surface area contributed by atoms with Crippen molar-refractivity contribution in [3.63, 3.8) is 0 Å². The van der Waals surface area contributed by atoms with Crippen LogP contribution in [0.25, 0.3) is 0 Å². The number of carbonyl (C=O) groups excluding carboxylic acids is 1. The minimum Gasteiger partial charge on any atom is -0.481 e. The van der Waals surface area contributed by atoms with Crippen molar-refractivity contribution in [2.75, 3.05) is 13.6 Å². The largest absolute Gasteiger partial charge is 0.481 e. The van der Waals surface area contributed by atoms with Crippen LogP contribution in [0.2, 0.25) is 0 Å². The van der Waals surface area contributed by atoms with Gasteiger partial charge in [-0.25, -0.2) is 0 Å². The fourth-order valence-electron chi connectivity index (χ4n) is 2.42. The summed E-state index contributed by atoms with van der Waals surface area (Å²) >= 11 is 0. The van der Waals surface area contributed by atoms with E-state index in [9.17, 15) is 9.59 Å². The number of carbonyl (C=O) groups is 2. The van der Waals surface area contributed by atoms with Gasteiger partial charge in [0, 0.05) is 12.7 Å². The molecule has 0 saturated heterocycles. The molecule has 1 unspecified atom stereocenters. The van der Waals surface area contributed by atoms with Crippen molar-refractivity contribution >= 4 is 11.9 Å². The highest BCUT2D eigenvalue weighted by molar-refractivity contribution is 5.79. The van der Waals surface area contributed by atoms with E-state index in [1.807, 2.05) is 60.5 Å². The van der Waals surface area contributed by atoms with Crippen molar-refractivity contribution in [3.05, 3.63) is 66.0 Å². The minimum atomic E-state index is -0.953. The first-order valence-electron chi connectivity index (χ1n) is 7.69. The highest BCUT2D eigenvalue weighted by Crippen LogP contribution is 2.16. The maximum absolute atomic E-state index is 12.2. The van der Waals surface area contributed by atoms with Crippen molar-refractivity contribution in [3.8, 4) is 0 Å². The van der Waals surface area contributed by atoms with Crippen LogP contribution in [0.4, 0.5) is 0 Å². The van der Waals surface area contributed by atoms with Gasteiger partial charge in [0.25, 0.3) is 0 Å². The number of likely N-dealkylation sites (N-methyl/N-ethyl adjacent to an activating group) is 1. The predicted octanol–water partition coefficient (Wildman–Crippen LogP) is 1.85. The van der Waals surface area contributed by atoms with Crippen LogP contribution in [0.5, 0.6) is 0 Å². The van der Waals surface area contributed by atoms with E-state index in [0.29, 0.717) is 6.54 Å². The molecular formula is C18H21N3O3. The Morgan fingerprint density at radius 1 is 1.17 bits per heavy atom. The second kappa shape index (κ2) is 8.79. The molecule has 2 N–H and O–H groups in total. The van der Waals surface area contributed by atoms with E-state index in [4.69, 9.17) is 5.11 Å². The molecule has 0 radical (unpaired) electrons. The van der Waals surface area contributed by atoms with Crippen molar-refractivity contribution in [1.82, 2.24) is 15.2 Å². The van der Waals surface area contributed by atoms with Crippen LogP contribution in [-0.2, 0) is 16.1 Å². The summed E-state index contributed by atoms with van der Waals surface area (Å²) in [5.41, 5.74) is 1.65. The Balaban J connectivity index is 1.93. The zero-order valence-corrected chi connectivity index (χ0v) is 13.6. The van der Waals surface area contributed by atoms with Crippen LogP contribution in [0, 0.1) is 0 Å². The summed E-state index contributed by atoms with van der Waals surface area (Å²) in [6.07, 6.45) is 1.56. The summed E-state index contributed by atoms with van der Waals surface area (Å²) in [6, 6.07) is 14.2. The monoisotopic (exact) mass is 327 g/mol. The number of carboxylic acid groups (broad SMARTS) is 1. The molecule has 6 heteroatoms. The Morgan fingerprint density at radius 2 is 1.88 bits per heavy atom. The number of rotatable bonds is 8. The topological polar surface area (TPSA) is 82.5 Å². The van der Waals surface area contributed by atoms with E-state index in [0.717, 1.165) is 11.3 Å². The Hall–Kier alpha value is -2.73. The maximum Gasteiger partial charge on any atom is 0.305 e. The van der Waals surface area contributed by atoms with E-state index in [2.05, 4.69) is 10.3 Å². The summed E-state index contributed by atoms with van der Waals surface area (Å²) in [5, 5.41) is 11.9. The normalized spacial score (nSPS) is 11.9. The number of nitrogens with zero attached hydrogens (tertiary/aromatic N) is 2. The van der Waals surface area contributed by atoms with Gasteiger partial charge < -0.3 is 10.4 Å². The van der Waals surface area contributed by atoms with Crippen LogP contribution in [0.15, 0.2) is 54.7 Å². The molecule has 126 valence electrons. The lowest BCUT2D eigenvalue weighted by atomic mass is 10.0. The lowest BCUT2D eigenvalue weighted by molar-refractivity contribution is -0.137. The highest BCUT2D eigenvalue weighted by atomic mass is 16.4. The number of amides is 1. The molecule has 0 aliphatic carbocycles. The van der Waals surface area contributed by atoms with E-state index in [1.54, 1.807) is 6.20 Å². The molecule has 2 rings (SSSR count). The third-order valence-electron chi connectivity index (χ3n) is 3.49. The van der Waals surface area contributed by atoms with E-state index < -0.39 is 12.0 Å². The van der Waals surface area contributed by atoms with Crippen LogP contribution < -0.4 is 5.32 Å². The summed E-state index contributed by atoms with van der Waals surface area (Å²) in [7, 11) is 1.82. The molecule has 1 aromatic carbocycles. The number of pyridine rings is 1. The van der Waals surface area contributed by atoms with Gasteiger partial charge in [-0.15, -0.1) is 0 Å². The Kier molecular flexibility index (Phi) is 6.45. The number of carboxylic acids is 1. The van der Waals surface area contributed by atoms with Gasteiger partial charge >= 0.3 is 5.97 Å². The van der Waals surface area contributed by atoms with Crippen LogP contribution in [-0.4, -0.2) is 40.5 Å². The van der Waals surface area contributed by atoms with Crippen molar-refractivity contribution < 1.29 is 14.7 Å². The first-order chi connectivity index (χ1) is 11.5. The third kappa shape index (κ3) is 5.81. The summed E-state index contributed by atoms with van der Waals surface area (Å²) in [5.74, 6) is -1.17. The molecular weight excluding hydrogens is 306 g/mol. The molecule has 1 aromatic heterocycles. The maximum atomic E-state index is 12.2. The Bertz CT molecular complexity index is 662. The number of hydrogen-bond acceptors (Lipinski definition) is 4. The average Bonchev–Trinajstić information content (AvgIpc) is 2.55. The molecule has 0 saturated carbocycles. The SMILES string of the molecule is CN(CC(=O)NC(CC(=O)O)c1ccccc1)Cc1ccccn1. The van der Waals surface area contributed by atoms with Crippen LogP contribution in [0.1, 0.15) is 23.7 Å². The van der Waals surface area contributed by atoms with Crippen LogP contribution >= 0.6 is 0 Å². The average molecular weight is 327 g/mol. The van der Waals surface area contributed by atoms with Crippen molar-refractivity contribution in [1.29, 1.82) is 0 Å². The summed E-state index contributed by atoms with van der Waals surface area (Å²) in [4.78, 5) is 29.4. The van der Waals surface area contributed by atoms with Crippen molar-refractivity contribution in [2.24, 2.45) is 0 Å². The first-order valence-corrected chi connectivity index (χ1v) is 7.69. The number of aliphatic carboxylic acids is 1. The van der Waals surface area contributed by atoms with E-state index in [-0.39, 0.29) is 18.9 Å². The van der Waals surface area contributed by atoms with Gasteiger partial charge in [-0.1, -0.05) is 36.4 Å². The molecule has 0 spiro atoms. The standard InChI is InChI=1S/C18H21N3O3/c1-21(12-15-9-5-6-10-19-15)13-17(22)20-16(11-18(23)24)14-7-3-2-4-8-14/h2-10,16H,11-13H2,1H3,(H,20,22)(H,23,24). The number of hydrogen-bond donors (Lipinski definition) is 2. The fraction of sp³-hybridized carbons (Fsp3) is 0.278. The van der Waals surface area contributed by atoms with Gasteiger partial charge in [-0.3, -0.25) is 19.5 Å². The summed E-state index contributed by atoms with van der Waals surface area (Å²) in [6.45, 7) is 0.711. The van der Waals surface area contributed by atoms with E-state index in [1.165, 1.54) is 0 Å². The molecule has 24 heavy (non-hydrogen) atoms. The van der Waals surface area contributed by atoms with Gasteiger partial charge in [-0.05, 0) is 24.7 Å². The van der Waals surface area contributed by atoms with Gasteiger partial charge in [0.1, 0.15) is 0 Å². The number of benzene rings is 1. The molecule has 1 atom stereocenters. The smallest absolute Gasteiger partial charge is 0.305 e. The van der Waals surface area contributed by atoms with Gasteiger partial charge in [0.05, 0.1) is 24.7 Å². The zero-order valence-electron chi connectivity index (χ0n) is 13.6. The second-order valence-electron chi connectivity index (χ2n) is 5.62. The number of aromatic nitrogens is 1. The van der Waals surface area contributed by atoms with Gasteiger partial charge in [-0.2, -0.15) is 0 Å². The lowest BCUT2D eigenvalue weighted by Crippen LogP contribution is -2.37. The molecule has 0 aliphatic heterocycles. The molecule has 1 heterocycles. The molecule has 0 bridgehead atoms. The van der Waals surface area contributed by atoms with Gasteiger partial charge in [0.15, 0.2) is 0 Å². The van der Waals surface area contributed by atoms with Gasteiger partial charge in [0.2, 0.25) is 5.91 Å². The molecule has 6 nitrogen and oxygen atoms in total. The molecule has 2 aromatic rings. The second-order valence-corrected chi connectivity index (χ2v) is 5.62. The highest BCUT2D eigenvalue weighted by Gasteiger charge is 2.18. The fourth-order valence-corrected chi connectivity index (χ4v) is 2.42. The summed E-state index contributed by atoms with van der Waals surface area (Å²) < 4.78 is 0. The first kappa shape index (κ1) is 17.6. The van der Waals surface area contributed by atoms with Crippen LogP contribution in [0.3, 0.4) is 0 Å². The zero-order chi connectivity index (χ0) is 17.4.